The SMILES string of the molecule is CCOC(=O)C1=CC(=CCn2ccnc2[NH+]2CN=C3C([O-])=NC(=N)N=C32)c2c(OC)c3c(c(CO)c2O1)O[C@H](C(C)(C)O)C3. The summed E-state index contributed by atoms with van der Waals surface area (Å²) >= 11 is 0. The fraction of sp³-hybridized carbons (Fsp3) is 0.379. The molecule has 4 aliphatic rings. The molecule has 1 unspecified atom stereocenters. The van der Waals surface area contributed by atoms with Crippen molar-refractivity contribution in [2.24, 2.45) is 15.0 Å². The molecule has 0 saturated carbocycles. The number of guanidine groups is 1. The van der Waals surface area contributed by atoms with E-state index in [0.29, 0.717) is 51.0 Å². The number of esters is 1. The molecule has 4 aliphatic heterocycles. The van der Waals surface area contributed by atoms with Crippen LogP contribution < -0.4 is 24.2 Å². The highest BCUT2D eigenvalue weighted by atomic mass is 16.6. The molecule has 0 amide bonds. The van der Waals surface area contributed by atoms with E-state index < -0.39 is 36.1 Å². The van der Waals surface area contributed by atoms with Crippen molar-refractivity contribution in [2.45, 2.75) is 52.0 Å². The van der Waals surface area contributed by atoms with Crippen molar-refractivity contribution in [1.29, 1.82) is 5.41 Å². The summed E-state index contributed by atoms with van der Waals surface area (Å²) in [7, 11) is 1.51. The average molecular weight is 606 g/mol. The molecule has 44 heavy (non-hydrogen) atoms. The van der Waals surface area contributed by atoms with Crippen LogP contribution in [-0.2, 0) is 29.1 Å². The van der Waals surface area contributed by atoms with Crippen LogP contribution in [0.1, 0.15) is 37.5 Å². The van der Waals surface area contributed by atoms with E-state index in [1.165, 1.54) is 7.11 Å². The number of carbonyl (C=O) groups is 1. The molecule has 0 saturated heterocycles. The Labute approximate surface area is 251 Å². The Bertz CT molecular complexity index is 1730. The number of aliphatic imine (C=N–C) groups is 3. The van der Waals surface area contributed by atoms with Gasteiger partial charge in [-0.2, -0.15) is 9.98 Å². The first-order valence-corrected chi connectivity index (χ1v) is 13.9. The van der Waals surface area contributed by atoms with Gasteiger partial charge in [-0.25, -0.2) is 19.7 Å². The molecular weight excluding hydrogens is 574 g/mol. The van der Waals surface area contributed by atoms with Gasteiger partial charge in [0.1, 0.15) is 23.4 Å². The molecule has 0 aliphatic carbocycles. The number of imidazole rings is 1. The highest BCUT2D eigenvalue weighted by molar-refractivity contribution is 6.66. The van der Waals surface area contributed by atoms with Crippen LogP contribution in [0, 0.1) is 5.41 Å². The van der Waals surface area contributed by atoms with Crippen LogP contribution in [0.4, 0.5) is 5.95 Å². The second-order valence-electron chi connectivity index (χ2n) is 10.9. The highest BCUT2D eigenvalue weighted by Crippen LogP contribution is 2.53. The van der Waals surface area contributed by atoms with Gasteiger partial charge in [0.2, 0.25) is 11.7 Å². The Balaban J connectivity index is 1.43. The first-order chi connectivity index (χ1) is 21.0. The van der Waals surface area contributed by atoms with Crippen LogP contribution >= 0.6 is 0 Å². The van der Waals surface area contributed by atoms with Crippen molar-refractivity contribution in [3.63, 3.8) is 0 Å². The maximum Gasteiger partial charge on any atom is 0.374 e. The van der Waals surface area contributed by atoms with E-state index in [1.807, 2.05) is 10.6 Å². The molecule has 0 bridgehead atoms. The molecule has 1 aromatic carbocycles. The minimum absolute atomic E-state index is 0.0919. The number of benzene rings is 1. The first kappa shape index (κ1) is 29.2. The van der Waals surface area contributed by atoms with Crippen molar-refractivity contribution in [3.05, 3.63) is 47.0 Å². The van der Waals surface area contributed by atoms with Crippen LogP contribution in [0.15, 0.2) is 45.3 Å². The molecule has 0 spiro atoms. The number of amidine groups is 1. The van der Waals surface area contributed by atoms with Gasteiger partial charge in [-0.05, 0) is 32.4 Å². The smallest absolute Gasteiger partial charge is 0.374 e. The molecule has 4 N–H and O–H groups in total. The van der Waals surface area contributed by atoms with Crippen LogP contribution in [-0.4, -0.2) is 81.2 Å². The number of aromatic nitrogens is 2. The fourth-order valence-electron chi connectivity index (χ4n) is 5.57. The Kier molecular flexibility index (Phi) is 7.31. The Morgan fingerprint density at radius 2 is 2.14 bits per heavy atom. The number of carbonyl (C=O) groups excluding carboxylic acids is 1. The molecular formula is C29H31N7O8. The third-order valence-corrected chi connectivity index (χ3v) is 7.64. The second kappa shape index (κ2) is 11.0. The molecule has 15 heteroatoms. The van der Waals surface area contributed by atoms with Crippen LogP contribution in [0.5, 0.6) is 17.2 Å². The number of ether oxygens (including phenoxy) is 4. The summed E-state index contributed by atoms with van der Waals surface area (Å²) in [5.41, 5.74) is 0.934. The third-order valence-electron chi connectivity index (χ3n) is 7.64. The Hall–Kier alpha value is -4.86. The largest absolute Gasteiger partial charge is 0.857 e. The molecule has 0 fully saturated rings. The van der Waals surface area contributed by atoms with Gasteiger partial charge in [0.25, 0.3) is 5.84 Å². The van der Waals surface area contributed by atoms with Crippen LogP contribution in [0.3, 0.4) is 0 Å². The molecule has 5 heterocycles. The summed E-state index contributed by atoms with van der Waals surface area (Å²) in [6, 6.07) is 0. The quantitative estimate of drug-likeness (QED) is 0.284. The van der Waals surface area contributed by atoms with Crippen molar-refractivity contribution in [1.82, 2.24) is 9.55 Å². The number of rotatable bonds is 8. The predicted molar refractivity (Wildman–Crippen MR) is 154 cm³/mol. The summed E-state index contributed by atoms with van der Waals surface area (Å²) in [4.78, 5) is 29.9. The normalized spacial score (nSPS) is 21.3. The number of nitrogens with zero attached hydrogens (tertiary/aromatic N) is 5. The van der Waals surface area contributed by atoms with Gasteiger partial charge in [-0.1, -0.05) is 6.08 Å². The fourth-order valence-corrected chi connectivity index (χ4v) is 5.57. The topological polar surface area (TPSA) is 201 Å². The summed E-state index contributed by atoms with van der Waals surface area (Å²) < 4.78 is 25.1. The van der Waals surface area contributed by atoms with Crippen molar-refractivity contribution in [2.75, 3.05) is 20.4 Å². The van der Waals surface area contributed by atoms with Crippen molar-refractivity contribution >= 4 is 40.9 Å². The molecule has 6 rings (SSSR count). The van der Waals surface area contributed by atoms with E-state index in [2.05, 4.69) is 20.0 Å². The van der Waals surface area contributed by atoms with Gasteiger partial charge in [0.05, 0.1) is 43.2 Å². The Morgan fingerprint density at radius 3 is 2.84 bits per heavy atom. The molecule has 230 valence electrons. The standard InChI is InChI=1S/C29H31N7O8/c1-5-42-26(39)17-10-14(6-8-35-9-7-31-28(35)36-13-32-20-24(36)33-27(30)34-25(20)38)19-22(41-4)15-11-18(29(2,3)40)44-21(15)16(12-37)23(19)43-17/h6-7,9-10,18,37,40H,5,8,11-13H2,1-4H3,(H2,30,34,38)/t18-/m0/s1. The number of aliphatic hydroxyl groups excluding tert-OH is 1. The minimum atomic E-state index is -1.19. The van der Waals surface area contributed by atoms with Crippen molar-refractivity contribution in [3.8, 4) is 17.2 Å². The summed E-state index contributed by atoms with van der Waals surface area (Å²) in [5.74, 6) is -0.0569. The molecule has 0 radical (unpaired) electrons. The molecule has 2 atom stereocenters. The molecule has 15 nitrogen and oxygen atoms in total. The Morgan fingerprint density at radius 1 is 1.34 bits per heavy atom. The van der Waals surface area contributed by atoms with Gasteiger partial charge < -0.3 is 34.3 Å². The number of fused-ring (bicyclic) bond motifs is 3. The van der Waals surface area contributed by atoms with E-state index in [-0.39, 0.29) is 42.9 Å². The third kappa shape index (κ3) is 4.84. The monoisotopic (exact) mass is 605 g/mol. The van der Waals surface area contributed by atoms with Gasteiger partial charge in [-0.15, -0.1) is 0 Å². The lowest BCUT2D eigenvalue weighted by atomic mass is 9.90. The summed E-state index contributed by atoms with van der Waals surface area (Å²) in [6.07, 6.45) is 6.44. The maximum absolute atomic E-state index is 12.9. The zero-order valence-corrected chi connectivity index (χ0v) is 24.5. The van der Waals surface area contributed by atoms with Crippen molar-refractivity contribution < 1.29 is 44.0 Å². The second-order valence-corrected chi connectivity index (χ2v) is 10.9. The maximum atomic E-state index is 12.9. The number of aliphatic hydroxyl groups is 2. The number of hydrogen-bond donors (Lipinski definition) is 4. The van der Waals surface area contributed by atoms with E-state index >= 15 is 0 Å². The van der Waals surface area contributed by atoms with Crippen LogP contribution in [0.25, 0.3) is 5.57 Å². The van der Waals surface area contributed by atoms with Gasteiger partial charge in [-0.3, -0.25) is 9.98 Å². The minimum Gasteiger partial charge on any atom is -0.857 e. The first-order valence-electron chi connectivity index (χ1n) is 13.9. The predicted octanol–water partition coefficient (Wildman–Crippen LogP) is -0.584. The number of allylic oxidation sites excluding steroid dienone is 3. The zero-order chi connectivity index (χ0) is 31.3. The summed E-state index contributed by atoms with van der Waals surface area (Å²) in [5, 5.41) is 41.3. The van der Waals surface area contributed by atoms with E-state index in [4.69, 9.17) is 24.4 Å². The van der Waals surface area contributed by atoms with E-state index in [1.54, 1.807) is 39.2 Å². The lowest BCUT2D eigenvalue weighted by molar-refractivity contribution is -0.730. The number of nitrogens with one attached hydrogen (secondary N) is 2. The van der Waals surface area contributed by atoms with Gasteiger partial charge in [0.15, 0.2) is 12.4 Å². The molecule has 1 aromatic heterocycles. The van der Waals surface area contributed by atoms with Gasteiger partial charge >= 0.3 is 11.9 Å². The molecule has 2 aromatic rings. The lowest BCUT2D eigenvalue weighted by Crippen LogP contribution is -3.10. The van der Waals surface area contributed by atoms with E-state index in [9.17, 15) is 20.1 Å². The average Bonchev–Trinajstić information content (AvgIpc) is 3.72. The zero-order valence-electron chi connectivity index (χ0n) is 24.5. The lowest BCUT2D eigenvalue weighted by Gasteiger charge is -2.26. The highest BCUT2D eigenvalue weighted by Gasteiger charge is 2.42. The number of quaternary nitrogens is 1. The van der Waals surface area contributed by atoms with Crippen LogP contribution in [0.2, 0.25) is 0 Å². The van der Waals surface area contributed by atoms with Gasteiger partial charge in [0, 0.05) is 30.6 Å². The summed E-state index contributed by atoms with van der Waals surface area (Å²) in [6.45, 7) is 5.02. The number of hydrogen-bond acceptors (Lipinski definition) is 11. The van der Waals surface area contributed by atoms with E-state index in [0.717, 1.165) is 0 Å². The number of methoxy groups -OCH3 is 1.